The maximum Gasteiger partial charge on any atom is 0.338 e. The zero-order chi connectivity index (χ0) is 17.2. The molecule has 0 saturated carbocycles. The third-order valence-corrected chi connectivity index (χ3v) is 2.77. The fraction of sp³-hybridized carbons (Fsp3) is 0.533. The molecule has 0 saturated heterocycles. The Bertz CT molecular complexity index is 453. The molecule has 124 valence electrons. The minimum Gasteiger partial charge on any atom is -0.396 e. The monoisotopic (exact) mass is 313 g/mol. The van der Waals surface area contributed by atoms with E-state index in [1.54, 1.807) is 19.1 Å². The summed E-state index contributed by atoms with van der Waals surface area (Å²) in [5.41, 5.74) is -0.988. The van der Waals surface area contributed by atoms with E-state index in [0.29, 0.717) is 0 Å². The summed E-state index contributed by atoms with van der Waals surface area (Å²) in [5, 5.41) is 21.1. The van der Waals surface area contributed by atoms with Gasteiger partial charge in [-0.1, -0.05) is 32.1 Å². The summed E-state index contributed by atoms with van der Waals surface area (Å²) >= 11 is 0. The van der Waals surface area contributed by atoms with Gasteiger partial charge in [0.15, 0.2) is 0 Å². The molecular formula is C15H23NO6. The van der Waals surface area contributed by atoms with Crippen molar-refractivity contribution in [1.29, 1.82) is 0 Å². The van der Waals surface area contributed by atoms with Crippen molar-refractivity contribution >= 4 is 17.8 Å². The van der Waals surface area contributed by atoms with Crippen molar-refractivity contribution in [2.75, 3.05) is 13.2 Å². The van der Waals surface area contributed by atoms with Crippen molar-refractivity contribution in [2.24, 2.45) is 5.41 Å². The molecule has 0 unspecified atom stereocenters. The predicted molar refractivity (Wildman–Crippen MR) is 79.6 cm³/mol. The highest BCUT2D eigenvalue weighted by Gasteiger charge is 2.32. The van der Waals surface area contributed by atoms with Crippen molar-refractivity contribution in [3.05, 3.63) is 24.3 Å². The predicted octanol–water partition coefficient (Wildman–Crippen LogP) is 0.0742. The number of allylic oxidation sites excluding steroid dienone is 3. The van der Waals surface area contributed by atoms with Crippen LogP contribution in [0.3, 0.4) is 0 Å². The quantitative estimate of drug-likeness (QED) is 0.253. The molecule has 0 aliphatic rings. The molecule has 0 heterocycles. The van der Waals surface area contributed by atoms with Crippen LogP contribution in [0.15, 0.2) is 24.3 Å². The molecule has 0 aromatic heterocycles. The average Bonchev–Trinajstić information content (AvgIpc) is 2.46. The van der Waals surface area contributed by atoms with Gasteiger partial charge in [-0.3, -0.25) is 9.59 Å². The standard InChI is InChI=1S/C15H23NO6/c1-4-5-6-7-11(18)22-12(19)8-9-16-14(21)13(20)15(2,3)10-17/h4-7,13,17,20H,8-10H2,1-3H3,(H,16,21)/b5-4+,7-6+/t13-/m0/s1. The largest absolute Gasteiger partial charge is 0.396 e. The van der Waals surface area contributed by atoms with Crippen LogP contribution in [0.2, 0.25) is 0 Å². The van der Waals surface area contributed by atoms with E-state index in [1.807, 2.05) is 0 Å². The zero-order valence-corrected chi connectivity index (χ0v) is 13.0. The van der Waals surface area contributed by atoms with Crippen molar-refractivity contribution < 1.29 is 29.3 Å². The molecule has 7 heteroatoms. The highest BCUT2D eigenvalue weighted by Crippen LogP contribution is 2.19. The first-order valence-corrected chi connectivity index (χ1v) is 6.85. The van der Waals surface area contributed by atoms with Gasteiger partial charge in [-0.25, -0.2) is 4.79 Å². The molecular weight excluding hydrogens is 290 g/mol. The second-order valence-electron chi connectivity index (χ2n) is 5.27. The highest BCUT2D eigenvalue weighted by atomic mass is 16.6. The Morgan fingerprint density at radius 3 is 2.45 bits per heavy atom. The fourth-order valence-corrected chi connectivity index (χ4v) is 1.27. The summed E-state index contributed by atoms with van der Waals surface area (Å²) in [6.07, 6.45) is 4.24. The number of rotatable bonds is 8. The van der Waals surface area contributed by atoms with Crippen LogP contribution in [0.4, 0.5) is 0 Å². The van der Waals surface area contributed by atoms with Crippen molar-refractivity contribution in [3.8, 4) is 0 Å². The first-order valence-electron chi connectivity index (χ1n) is 6.85. The van der Waals surface area contributed by atoms with E-state index in [2.05, 4.69) is 10.1 Å². The fourth-order valence-electron chi connectivity index (χ4n) is 1.27. The summed E-state index contributed by atoms with van der Waals surface area (Å²) in [5.74, 6) is -2.28. The van der Waals surface area contributed by atoms with E-state index in [-0.39, 0.29) is 19.6 Å². The Labute approximate surface area is 129 Å². The second kappa shape index (κ2) is 9.86. The van der Waals surface area contributed by atoms with Gasteiger partial charge in [-0.15, -0.1) is 0 Å². The average molecular weight is 313 g/mol. The molecule has 7 nitrogen and oxygen atoms in total. The van der Waals surface area contributed by atoms with Crippen LogP contribution < -0.4 is 5.32 Å². The first kappa shape index (κ1) is 20.0. The summed E-state index contributed by atoms with van der Waals surface area (Å²) in [7, 11) is 0. The normalized spacial score (nSPS) is 13.3. The smallest absolute Gasteiger partial charge is 0.338 e. The van der Waals surface area contributed by atoms with E-state index in [1.165, 1.54) is 19.9 Å². The van der Waals surface area contributed by atoms with Crippen molar-refractivity contribution in [3.63, 3.8) is 0 Å². The van der Waals surface area contributed by atoms with Gasteiger partial charge >= 0.3 is 11.9 Å². The van der Waals surface area contributed by atoms with E-state index < -0.39 is 29.4 Å². The number of amides is 1. The maximum absolute atomic E-state index is 11.6. The Hall–Kier alpha value is -1.99. The van der Waals surface area contributed by atoms with Gasteiger partial charge in [0.2, 0.25) is 5.91 Å². The molecule has 22 heavy (non-hydrogen) atoms. The molecule has 3 N–H and O–H groups in total. The summed E-state index contributed by atoms with van der Waals surface area (Å²) < 4.78 is 4.48. The van der Waals surface area contributed by atoms with Crippen LogP contribution in [0.1, 0.15) is 27.2 Å². The van der Waals surface area contributed by atoms with Gasteiger partial charge in [-0.2, -0.15) is 0 Å². The van der Waals surface area contributed by atoms with Gasteiger partial charge in [-0.05, 0) is 6.92 Å². The number of aliphatic hydroxyl groups is 2. The molecule has 1 atom stereocenters. The SMILES string of the molecule is C/C=C/C=C/C(=O)OC(=O)CCNC(=O)[C@H](O)C(C)(C)CO. The molecule has 0 fully saturated rings. The number of aliphatic hydroxyl groups excluding tert-OH is 2. The number of ether oxygens (including phenoxy) is 1. The lowest BCUT2D eigenvalue weighted by atomic mass is 9.87. The lowest BCUT2D eigenvalue weighted by Crippen LogP contribution is -2.46. The molecule has 0 rings (SSSR count). The molecule has 0 aliphatic heterocycles. The van der Waals surface area contributed by atoms with Crippen molar-refractivity contribution in [2.45, 2.75) is 33.3 Å². The van der Waals surface area contributed by atoms with E-state index >= 15 is 0 Å². The van der Waals surface area contributed by atoms with Crippen LogP contribution in [-0.2, 0) is 19.1 Å². The van der Waals surface area contributed by atoms with E-state index in [4.69, 9.17) is 5.11 Å². The third kappa shape index (κ3) is 7.70. The minimum absolute atomic E-state index is 0.0813. The van der Waals surface area contributed by atoms with Crippen LogP contribution in [0.5, 0.6) is 0 Å². The first-order chi connectivity index (χ1) is 10.2. The molecule has 1 amide bonds. The Kier molecular flexibility index (Phi) is 8.97. The molecule has 0 aliphatic carbocycles. The number of carbonyl (C=O) groups is 3. The molecule has 0 aromatic carbocycles. The number of hydrogen-bond donors (Lipinski definition) is 3. The van der Waals surface area contributed by atoms with Gasteiger partial charge in [0, 0.05) is 18.0 Å². The molecule has 0 radical (unpaired) electrons. The lowest BCUT2D eigenvalue weighted by molar-refractivity contribution is -0.156. The number of nitrogens with one attached hydrogen (secondary N) is 1. The van der Waals surface area contributed by atoms with E-state index in [9.17, 15) is 19.5 Å². The van der Waals surface area contributed by atoms with Crippen LogP contribution in [-0.4, -0.2) is 47.3 Å². The second-order valence-corrected chi connectivity index (χ2v) is 5.27. The van der Waals surface area contributed by atoms with Crippen molar-refractivity contribution in [1.82, 2.24) is 5.32 Å². The van der Waals surface area contributed by atoms with Crippen LogP contribution in [0.25, 0.3) is 0 Å². The van der Waals surface area contributed by atoms with Gasteiger partial charge in [0.25, 0.3) is 0 Å². The van der Waals surface area contributed by atoms with E-state index in [0.717, 1.165) is 6.08 Å². The lowest BCUT2D eigenvalue weighted by Gasteiger charge is -2.27. The number of esters is 2. The van der Waals surface area contributed by atoms with Crippen LogP contribution in [0, 0.1) is 5.41 Å². The number of carbonyl (C=O) groups excluding carboxylic acids is 3. The number of hydrogen-bond acceptors (Lipinski definition) is 6. The molecule has 0 aromatic rings. The third-order valence-electron chi connectivity index (χ3n) is 2.77. The summed E-state index contributed by atoms with van der Waals surface area (Å²) in [6, 6.07) is 0. The molecule has 0 spiro atoms. The van der Waals surface area contributed by atoms with Gasteiger partial charge in [0.05, 0.1) is 13.0 Å². The maximum atomic E-state index is 11.6. The summed E-state index contributed by atoms with van der Waals surface area (Å²) in [6.45, 7) is 4.39. The minimum atomic E-state index is -1.40. The zero-order valence-electron chi connectivity index (χ0n) is 13.0. The Balaban J connectivity index is 4.12. The highest BCUT2D eigenvalue weighted by molar-refractivity contribution is 5.92. The topological polar surface area (TPSA) is 113 Å². The summed E-state index contributed by atoms with van der Waals surface area (Å²) in [4.78, 5) is 34.1. The Morgan fingerprint density at radius 2 is 1.91 bits per heavy atom. The molecule has 0 bridgehead atoms. The van der Waals surface area contributed by atoms with Crippen LogP contribution >= 0.6 is 0 Å². The Morgan fingerprint density at radius 1 is 1.27 bits per heavy atom. The van der Waals surface area contributed by atoms with Gasteiger partial charge in [0.1, 0.15) is 6.10 Å². The van der Waals surface area contributed by atoms with Gasteiger partial charge < -0.3 is 20.3 Å².